The predicted octanol–water partition coefficient (Wildman–Crippen LogP) is 8.22. The molecule has 2 fully saturated rings. The fourth-order valence-corrected chi connectivity index (χ4v) is 10.6. The molecule has 2 aromatic carbocycles. The van der Waals surface area contributed by atoms with Gasteiger partial charge in [0, 0.05) is 60.5 Å². The van der Waals surface area contributed by atoms with E-state index in [1.807, 2.05) is 31.4 Å². The summed E-state index contributed by atoms with van der Waals surface area (Å²) in [5.74, 6) is 2.98. The first kappa shape index (κ1) is 38.8. The van der Waals surface area contributed by atoms with E-state index in [-0.39, 0.29) is 35.2 Å². The lowest BCUT2D eigenvalue weighted by molar-refractivity contribution is -0.144. The molecule has 10 nitrogen and oxygen atoms in total. The van der Waals surface area contributed by atoms with Crippen LogP contribution in [0, 0.1) is 17.8 Å². The first-order valence-corrected chi connectivity index (χ1v) is 21.1. The highest BCUT2D eigenvalue weighted by Crippen LogP contribution is 2.58. The van der Waals surface area contributed by atoms with E-state index in [9.17, 15) is 14.7 Å². The molecule has 1 aromatic heterocycles. The fraction of sp³-hybridized carbons (Fsp3) is 0.578. The Morgan fingerprint density at radius 3 is 2.71 bits per heavy atom. The Kier molecular flexibility index (Phi) is 11.2. The lowest BCUT2D eigenvalue weighted by Gasteiger charge is -2.47. The molecular formula is C45H56ClN3O7. The molecule has 3 unspecified atom stereocenters. The van der Waals surface area contributed by atoms with E-state index in [4.69, 9.17) is 30.5 Å². The summed E-state index contributed by atoms with van der Waals surface area (Å²) in [4.78, 5) is 31.6. The molecule has 1 amide bonds. The summed E-state index contributed by atoms with van der Waals surface area (Å²) >= 11 is 6.32. The quantitative estimate of drug-likeness (QED) is 0.187. The van der Waals surface area contributed by atoms with Crippen molar-refractivity contribution in [1.82, 2.24) is 9.88 Å². The van der Waals surface area contributed by atoms with Crippen LogP contribution in [0.15, 0.2) is 48.7 Å². The molecule has 2 aliphatic heterocycles. The van der Waals surface area contributed by atoms with Gasteiger partial charge in [0.05, 0.1) is 26.4 Å². The molecular weight excluding hydrogens is 730 g/mol. The van der Waals surface area contributed by atoms with Gasteiger partial charge in [0.1, 0.15) is 17.4 Å². The molecule has 8 rings (SSSR count). The number of carbonyl (C=O) groups is 2. The second kappa shape index (κ2) is 16.1. The minimum absolute atomic E-state index is 0.167. The van der Waals surface area contributed by atoms with Gasteiger partial charge in [-0.15, -0.1) is 0 Å². The maximum absolute atomic E-state index is 13.1. The van der Waals surface area contributed by atoms with Gasteiger partial charge in [-0.25, -0.2) is 4.79 Å². The first-order chi connectivity index (χ1) is 27.0. The van der Waals surface area contributed by atoms with E-state index in [1.54, 1.807) is 17.0 Å². The van der Waals surface area contributed by atoms with Crippen LogP contribution < -0.4 is 19.5 Å². The van der Waals surface area contributed by atoms with Gasteiger partial charge in [-0.3, -0.25) is 9.78 Å². The third-order valence-electron chi connectivity index (χ3n) is 13.4. The van der Waals surface area contributed by atoms with Crippen LogP contribution >= 0.6 is 11.6 Å². The zero-order valence-corrected chi connectivity index (χ0v) is 33.7. The second-order valence-corrected chi connectivity index (χ2v) is 17.8. The Balaban J connectivity index is 1.03. The van der Waals surface area contributed by atoms with Crippen LogP contribution in [0.5, 0.6) is 17.2 Å². The van der Waals surface area contributed by atoms with Crippen molar-refractivity contribution >= 4 is 29.2 Å². The van der Waals surface area contributed by atoms with Crippen LogP contribution in [-0.4, -0.2) is 78.5 Å². The van der Waals surface area contributed by atoms with Crippen molar-refractivity contribution in [2.75, 3.05) is 45.3 Å². The Labute approximate surface area is 335 Å². The number of aliphatic carboxylic acids is 1. The number of likely N-dealkylation sites (tertiary alicyclic amines) is 1. The number of halogens is 1. The number of hydrogen-bond donors (Lipinski definition) is 2. The number of anilines is 1. The Hall–Kier alpha value is -4.02. The fourth-order valence-electron chi connectivity index (χ4n) is 10.4. The van der Waals surface area contributed by atoms with Crippen LogP contribution in [0.3, 0.4) is 0 Å². The number of ether oxygens (including phenoxy) is 4. The number of pyridine rings is 1. The minimum Gasteiger partial charge on any atom is -0.493 e. The summed E-state index contributed by atoms with van der Waals surface area (Å²) in [7, 11) is 1.84. The van der Waals surface area contributed by atoms with E-state index in [1.165, 1.54) is 28.8 Å². The zero-order valence-electron chi connectivity index (χ0n) is 33.0. The molecule has 1 saturated heterocycles. The summed E-state index contributed by atoms with van der Waals surface area (Å²) in [6, 6.07) is 13.7. The number of nitrogens with zero attached hydrogens (tertiary/aromatic N) is 2. The van der Waals surface area contributed by atoms with Gasteiger partial charge in [0.2, 0.25) is 5.91 Å². The van der Waals surface area contributed by atoms with E-state index in [2.05, 4.69) is 36.3 Å². The van der Waals surface area contributed by atoms with E-state index >= 15 is 0 Å². The number of aryl methyl sites for hydroxylation is 1. The number of carboxylic acid groups (broad SMARTS) is 1. The van der Waals surface area contributed by atoms with Crippen molar-refractivity contribution in [2.45, 2.75) is 107 Å². The molecule has 11 heteroatoms. The number of aromatic nitrogens is 1. The molecule has 3 aliphatic carbocycles. The van der Waals surface area contributed by atoms with E-state index in [0.29, 0.717) is 81.6 Å². The lowest BCUT2D eigenvalue weighted by Crippen LogP contribution is -2.53. The van der Waals surface area contributed by atoms with Crippen molar-refractivity contribution in [3.05, 3.63) is 76.1 Å². The smallest absolute Gasteiger partial charge is 0.329 e. The minimum atomic E-state index is -1.11. The zero-order chi connectivity index (χ0) is 39.0. The number of fused-ring (bicyclic) bond motifs is 4. The Morgan fingerprint density at radius 2 is 1.95 bits per heavy atom. The third-order valence-corrected chi connectivity index (χ3v) is 13.7. The molecule has 3 heterocycles. The van der Waals surface area contributed by atoms with Crippen molar-refractivity contribution in [1.29, 1.82) is 0 Å². The molecule has 300 valence electrons. The van der Waals surface area contributed by atoms with Gasteiger partial charge >= 0.3 is 5.97 Å². The lowest BCUT2D eigenvalue weighted by atomic mass is 9.59. The van der Waals surface area contributed by atoms with Gasteiger partial charge in [-0.05, 0) is 128 Å². The van der Waals surface area contributed by atoms with Crippen molar-refractivity contribution < 1.29 is 33.6 Å². The highest BCUT2D eigenvalue weighted by molar-refractivity contribution is 6.30. The Bertz CT molecular complexity index is 1930. The molecule has 3 aromatic rings. The van der Waals surface area contributed by atoms with Crippen LogP contribution in [-0.2, 0) is 32.6 Å². The van der Waals surface area contributed by atoms with Crippen LogP contribution in [0.25, 0.3) is 0 Å². The van der Waals surface area contributed by atoms with E-state index < -0.39 is 11.5 Å². The van der Waals surface area contributed by atoms with Crippen LogP contribution in [0.4, 0.5) is 5.69 Å². The van der Waals surface area contributed by atoms with Crippen molar-refractivity contribution in [2.24, 2.45) is 17.8 Å². The molecule has 1 spiro atoms. The average Bonchev–Trinajstić information content (AvgIpc) is 3.54. The Morgan fingerprint density at radius 1 is 1.11 bits per heavy atom. The molecule has 5 atom stereocenters. The maximum atomic E-state index is 13.1. The molecule has 5 aliphatic rings. The summed E-state index contributed by atoms with van der Waals surface area (Å²) in [5.41, 5.74) is 4.33. The predicted molar refractivity (Wildman–Crippen MR) is 215 cm³/mol. The highest BCUT2D eigenvalue weighted by atomic mass is 35.5. The van der Waals surface area contributed by atoms with E-state index in [0.717, 1.165) is 49.5 Å². The van der Waals surface area contributed by atoms with Crippen LogP contribution in [0.1, 0.15) is 99.9 Å². The third kappa shape index (κ3) is 7.80. The molecule has 0 bridgehead atoms. The summed E-state index contributed by atoms with van der Waals surface area (Å²) < 4.78 is 25.8. The molecule has 2 N–H and O–H groups in total. The van der Waals surface area contributed by atoms with Gasteiger partial charge in [0.15, 0.2) is 11.5 Å². The van der Waals surface area contributed by atoms with Gasteiger partial charge < -0.3 is 34.3 Å². The number of carboxylic acids is 1. The number of rotatable bonds is 12. The SMILES string of the molecule is C[C@@H](COc1ccnc2c1[C@H](C)CCC2)CC1Cc2cc3c(cc2C12CCC(Nc1cccc(Cl)c1)(C(=O)O)CC2)OC(COCC1CC(=O)N(C)C1)CCO3. The molecule has 56 heavy (non-hydrogen) atoms. The van der Waals surface area contributed by atoms with Crippen molar-refractivity contribution in [3.63, 3.8) is 0 Å². The second-order valence-electron chi connectivity index (χ2n) is 17.4. The number of carbonyl (C=O) groups excluding carboxylic acids is 1. The number of hydrogen-bond acceptors (Lipinski definition) is 8. The first-order valence-electron chi connectivity index (χ1n) is 20.7. The standard InChI is InChI=1S/C45H56ClN3O7/c1-28(25-55-38-10-16-47-37-9-4-6-29(2)42(37)38)18-32-20-31-21-39-40(56-35(11-17-54-39)27-53-26-30-19-41(50)49(3)24-30)23-36(31)44(32)12-14-45(15-13-44,43(51)52)48-34-8-5-7-33(46)22-34/h5,7-8,10,16,21-23,28-30,32,35,48H,4,6,9,11-15,17-20,24-27H2,1-3H3,(H,51,52)/t28-,29-,30?,32?,35?,44?,45?/m1/s1. The monoisotopic (exact) mass is 785 g/mol. The normalized spacial score (nSPS) is 28.7. The topological polar surface area (TPSA) is 119 Å². The van der Waals surface area contributed by atoms with Crippen molar-refractivity contribution in [3.8, 4) is 17.2 Å². The van der Waals surface area contributed by atoms with Gasteiger partial charge in [0.25, 0.3) is 0 Å². The summed E-state index contributed by atoms with van der Waals surface area (Å²) in [5, 5.41) is 14.7. The van der Waals surface area contributed by atoms with Gasteiger partial charge in [-0.2, -0.15) is 0 Å². The molecule has 1 saturated carbocycles. The average molecular weight is 786 g/mol. The number of benzene rings is 2. The van der Waals surface area contributed by atoms with Gasteiger partial charge in [-0.1, -0.05) is 31.5 Å². The molecule has 0 radical (unpaired) electrons. The maximum Gasteiger partial charge on any atom is 0.329 e. The summed E-state index contributed by atoms with van der Waals surface area (Å²) in [6.07, 6.45) is 10.5. The highest BCUT2D eigenvalue weighted by Gasteiger charge is 2.54. The largest absolute Gasteiger partial charge is 0.493 e. The van der Waals surface area contributed by atoms with Crippen LogP contribution in [0.2, 0.25) is 5.02 Å². The number of amides is 1. The number of nitrogens with one attached hydrogen (secondary N) is 1. The summed E-state index contributed by atoms with van der Waals surface area (Å²) in [6.45, 7) is 7.37.